The summed E-state index contributed by atoms with van der Waals surface area (Å²) < 4.78 is 7.02. The molecule has 12 heteroatoms. The summed E-state index contributed by atoms with van der Waals surface area (Å²) in [4.78, 5) is 34.4. The standard InChI is InChI=1S/C15H23N7O5/c1-2-3-6(16)12(25)19-8-7(4-23)27-14(10(8)24)22-5-18-9-11(22)20-15(17)21-13(9)26/h5-8,10,14,23-24H,2-4,16H2,1H3,(H,19,25)(H3,17,20,21,26)/t6?,7-,8?,10?,14-/m1/s1. The average molecular weight is 381 g/mol. The van der Waals surface area contributed by atoms with Crippen LogP contribution in [0.5, 0.6) is 0 Å². The summed E-state index contributed by atoms with van der Waals surface area (Å²) in [5, 5.41) is 22.9. The summed E-state index contributed by atoms with van der Waals surface area (Å²) in [6, 6.07) is -1.62. The summed E-state index contributed by atoms with van der Waals surface area (Å²) in [7, 11) is 0. The molecular formula is C15H23N7O5. The largest absolute Gasteiger partial charge is 0.394 e. The molecule has 5 atom stereocenters. The molecule has 0 aromatic carbocycles. The van der Waals surface area contributed by atoms with Crippen LogP contribution >= 0.6 is 0 Å². The number of hydrogen-bond acceptors (Lipinski definition) is 9. The predicted molar refractivity (Wildman–Crippen MR) is 94.4 cm³/mol. The van der Waals surface area contributed by atoms with Crippen molar-refractivity contribution in [2.45, 2.75) is 50.3 Å². The number of carbonyl (C=O) groups excluding carboxylic acids is 1. The van der Waals surface area contributed by atoms with Gasteiger partial charge in [-0.25, -0.2) is 4.98 Å². The third-order valence-corrected chi connectivity index (χ3v) is 4.52. The Morgan fingerprint density at radius 2 is 2.30 bits per heavy atom. The second-order valence-electron chi connectivity index (χ2n) is 6.44. The van der Waals surface area contributed by atoms with Gasteiger partial charge in [0.2, 0.25) is 11.9 Å². The van der Waals surface area contributed by atoms with Crippen molar-refractivity contribution in [3.05, 3.63) is 16.7 Å². The molecule has 1 fully saturated rings. The van der Waals surface area contributed by atoms with Crippen LogP contribution < -0.4 is 22.3 Å². The van der Waals surface area contributed by atoms with Crippen LogP contribution in [0.25, 0.3) is 11.2 Å². The molecule has 0 saturated carbocycles. The molecule has 8 N–H and O–H groups in total. The Labute approximate surface area is 153 Å². The first-order valence-corrected chi connectivity index (χ1v) is 8.60. The predicted octanol–water partition coefficient (Wildman–Crippen LogP) is -2.44. The Morgan fingerprint density at radius 1 is 1.56 bits per heavy atom. The van der Waals surface area contributed by atoms with E-state index in [4.69, 9.17) is 16.2 Å². The van der Waals surface area contributed by atoms with Crippen LogP contribution in [0.2, 0.25) is 0 Å². The molecule has 2 aromatic rings. The van der Waals surface area contributed by atoms with Crippen molar-refractivity contribution in [3.63, 3.8) is 0 Å². The van der Waals surface area contributed by atoms with Crippen molar-refractivity contribution in [1.29, 1.82) is 0 Å². The van der Waals surface area contributed by atoms with Crippen molar-refractivity contribution >= 4 is 23.0 Å². The van der Waals surface area contributed by atoms with Crippen LogP contribution in [-0.2, 0) is 9.53 Å². The first-order chi connectivity index (χ1) is 12.9. The average Bonchev–Trinajstić information content (AvgIpc) is 3.17. The van der Waals surface area contributed by atoms with E-state index in [9.17, 15) is 19.8 Å². The summed E-state index contributed by atoms with van der Waals surface area (Å²) in [5.74, 6) is -0.561. The first-order valence-electron chi connectivity index (χ1n) is 8.60. The molecule has 2 aromatic heterocycles. The van der Waals surface area contributed by atoms with Gasteiger partial charge >= 0.3 is 0 Å². The van der Waals surface area contributed by atoms with Crippen molar-refractivity contribution in [2.75, 3.05) is 12.3 Å². The maximum absolute atomic E-state index is 12.2. The zero-order valence-electron chi connectivity index (χ0n) is 14.7. The van der Waals surface area contributed by atoms with Crippen molar-refractivity contribution in [2.24, 2.45) is 5.73 Å². The van der Waals surface area contributed by atoms with Gasteiger partial charge in [0.25, 0.3) is 5.56 Å². The molecule has 1 aliphatic rings. The van der Waals surface area contributed by atoms with E-state index in [1.807, 2.05) is 6.92 Å². The summed E-state index contributed by atoms with van der Waals surface area (Å²) >= 11 is 0. The van der Waals surface area contributed by atoms with Gasteiger partial charge in [-0.2, -0.15) is 4.98 Å². The van der Waals surface area contributed by atoms with Gasteiger partial charge in [0.05, 0.1) is 25.0 Å². The fraction of sp³-hybridized carbons (Fsp3) is 0.600. The molecule has 27 heavy (non-hydrogen) atoms. The fourth-order valence-electron chi connectivity index (χ4n) is 3.15. The van der Waals surface area contributed by atoms with Crippen LogP contribution in [0.4, 0.5) is 5.95 Å². The van der Waals surface area contributed by atoms with Gasteiger partial charge in [0.15, 0.2) is 17.4 Å². The molecule has 3 heterocycles. The number of fused-ring (bicyclic) bond motifs is 1. The van der Waals surface area contributed by atoms with E-state index in [-0.39, 0.29) is 17.1 Å². The number of rotatable bonds is 6. The second kappa shape index (κ2) is 7.60. The number of H-pyrrole nitrogens is 1. The van der Waals surface area contributed by atoms with Crippen LogP contribution in [0.1, 0.15) is 26.0 Å². The van der Waals surface area contributed by atoms with E-state index in [0.29, 0.717) is 6.42 Å². The number of carbonyl (C=O) groups is 1. The highest BCUT2D eigenvalue weighted by Crippen LogP contribution is 2.31. The molecule has 3 rings (SSSR count). The monoisotopic (exact) mass is 381 g/mol. The van der Waals surface area contributed by atoms with Crippen LogP contribution in [0.15, 0.2) is 11.1 Å². The van der Waals surface area contributed by atoms with Gasteiger partial charge in [-0.1, -0.05) is 13.3 Å². The number of aliphatic hydroxyl groups excluding tert-OH is 2. The number of nitrogen functional groups attached to an aromatic ring is 1. The van der Waals surface area contributed by atoms with Crippen LogP contribution in [0.3, 0.4) is 0 Å². The molecule has 0 aliphatic carbocycles. The minimum atomic E-state index is -1.24. The van der Waals surface area contributed by atoms with E-state index in [2.05, 4.69) is 20.3 Å². The molecule has 12 nitrogen and oxygen atoms in total. The Morgan fingerprint density at radius 3 is 2.96 bits per heavy atom. The van der Waals surface area contributed by atoms with Gasteiger partial charge in [-0.05, 0) is 6.42 Å². The third kappa shape index (κ3) is 3.51. The number of nitrogens with zero attached hydrogens (tertiary/aromatic N) is 3. The molecule has 1 saturated heterocycles. The number of nitrogens with two attached hydrogens (primary N) is 2. The number of hydrogen-bond donors (Lipinski definition) is 6. The molecule has 0 spiro atoms. The van der Waals surface area contributed by atoms with Gasteiger partial charge in [-0.3, -0.25) is 19.1 Å². The Hall–Kier alpha value is -2.54. The summed E-state index contributed by atoms with van der Waals surface area (Å²) in [6.07, 6.45) is -0.650. The smallest absolute Gasteiger partial charge is 0.280 e. The Kier molecular flexibility index (Phi) is 5.41. The quantitative estimate of drug-likeness (QED) is 0.315. The normalized spacial score (nSPS) is 26.4. The minimum absolute atomic E-state index is 0.0259. The fourth-order valence-corrected chi connectivity index (χ4v) is 3.15. The van der Waals surface area contributed by atoms with Crippen molar-refractivity contribution in [3.8, 4) is 0 Å². The second-order valence-corrected chi connectivity index (χ2v) is 6.44. The number of anilines is 1. The number of aliphatic hydroxyl groups is 2. The third-order valence-electron chi connectivity index (χ3n) is 4.52. The first kappa shape index (κ1) is 19.2. The molecule has 1 aliphatic heterocycles. The van der Waals surface area contributed by atoms with E-state index < -0.39 is 48.6 Å². The molecule has 0 radical (unpaired) electrons. The van der Waals surface area contributed by atoms with Crippen LogP contribution in [0, 0.1) is 0 Å². The lowest BCUT2D eigenvalue weighted by Crippen LogP contribution is -2.53. The van der Waals surface area contributed by atoms with Gasteiger partial charge < -0.3 is 31.7 Å². The molecule has 3 unspecified atom stereocenters. The minimum Gasteiger partial charge on any atom is -0.394 e. The Balaban J connectivity index is 1.88. The number of aromatic nitrogens is 4. The number of amides is 1. The highest BCUT2D eigenvalue weighted by Gasteiger charge is 2.46. The van der Waals surface area contributed by atoms with Gasteiger partial charge in [-0.15, -0.1) is 0 Å². The van der Waals surface area contributed by atoms with Crippen molar-refractivity contribution < 1.29 is 19.7 Å². The van der Waals surface area contributed by atoms with Gasteiger partial charge in [0, 0.05) is 0 Å². The number of imidazole rings is 1. The van der Waals surface area contributed by atoms with Crippen molar-refractivity contribution in [1.82, 2.24) is 24.8 Å². The van der Waals surface area contributed by atoms with Crippen LogP contribution in [-0.4, -0.2) is 66.5 Å². The van der Waals surface area contributed by atoms with E-state index in [0.717, 1.165) is 6.42 Å². The Bertz CT molecular complexity index is 881. The molecule has 0 bridgehead atoms. The molecular weight excluding hydrogens is 358 g/mol. The molecule has 1 amide bonds. The van der Waals surface area contributed by atoms with Gasteiger partial charge in [0.1, 0.15) is 12.2 Å². The number of ether oxygens (including phenoxy) is 1. The number of aromatic amines is 1. The zero-order valence-corrected chi connectivity index (χ0v) is 14.7. The van der Waals surface area contributed by atoms with E-state index in [1.165, 1.54) is 10.9 Å². The highest BCUT2D eigenvalue weighted by molar-refractivity contribution is 5.81. The highest BCUT2D eigenvalue weighted by atomic mass is 16.5. The lowest BCUT2D eigenvalue weighted by molar-refractivity contribution is -0.124. The topological polar surface area (TPSA) is 194 Å². The lowest BCUT2D eigenvalue weighted by Gasteiger charge is -2.22. The number of nitrogens with one attached hydrogen (secondary N) is 2. The lowest BCUT2D eigenvalue weighted by atomic mass is 10.1. The van der Waals surface area contributed by atoms with E-state index >= 15 is 0 Å². The summed E-state index contributed by atoms with van der Waals surface area (Å²) in [5.41, 5.74) is 11.0. The molecule has 148 valence electrons. The van der Waals surface area contributed by atoms with E-state index in [1.54, 1.807) is 0 Å². The maximum Gasteiger partial charge on any atom is 0.280 e. The summed E-state index contributed by atoms with van der Waals surface area (Å²) in [6.45, 7) is 1.46. The maximum atomic E-state index is 12.2. The SMILES string of the molecule is CCCC(N)C(=O)NC1C(O)[C@H](n2cnc3c(=O)[nH]c(N)nc32)O[C@@H]1CO. The zero-order chi connectivity index (χ0) is 19.7.